The number of carbonyl (C=O) groups excluding carboxylic acids is 1. The van der Waals surface area contributed by atoms with Crippen LogP contribution in [-0.2, 0) is 19.0 Å². The van der Waals surface area contributed by atoms with Crippen molar-refractivity contribution >= 4 is 5.91 Å². The fourth-order valence-corrected chi connectivity index (χ4v) is 2.78. The summed E-state index contributed by atoms with van der Waals surface area (Å²) in [7, 11) is 1.58. The van der Waals surface area contributed by atoms with E-state index in [9.17, 15) is 4.79 Å². The fraction of sp³-hybridized carbons (Fsp3) is 0.933. The van der Waals surface area contributed by atoms with E-state index in [-0.39, 0.29) is 18.1 Å². The van der Waals surface area contributed by atoms with E-state index in [1.807, 2.05) is 18.7 Å². The molecule has 0 radical (unpaired) electrons. The Hall–Kier alpha value is -0.650. The van der Waals surface area contributed by atoms with Crippen LogP contribution in [0, 0.1) is 0 Å². The van der Waals surface area contributed by atoms with Crippen molar-refractivity contribution in [3.05, 3.63) is 0 Å². The molecule has 0 bridgehead atoms. The lowest BCUT2D eigenvalue weighted by molar-refractivity contribution is -0.154. The lowest BCUT2D eigenvalue weighted by atomic mass is 10.1. The molecule has 0 N–H and O–H groups in total. The zero-order valence-corrected chi connectivity index (χ0v) is 12.9. The van der Waals surface area contributed by atoms with Crippen LogP contribution in [0.15, 0.2) is 0 Å². The highest BCUT2D eigenvalue weighted by atomic mass is 16.5. The summed E-state index contributed by atoms with van der Waals surface area (Å²) in [6, 6.07) is 0. The molecule has 0 aromatic carbocycles. The smallest absolute Gasteiger partial charge is 0.254 e. The van der Waals surface area contributed by atoms with Gasteiger partial charge in [-0.1, -0.05) is 0 Å². The number of hydrogen-bond acceptors (Lipinski definition) is 4. The second kappa shape index (κ2) is 6.87. The maximum absolute atomic E-state index is 12.7. The average Bonchev–Trinajstić information content (AvgIpc) is 3.10. The first-order valence-corrected chi connectivity index (χ1v) is 7.60. The topological polar surface area (TPSA) is 48.0 Å². The van der Waals surface area contributed by atoms with Crippen LogP contribution in [0.3, 0.4) is 0 Å². The highest BCUT2D eigenvalue weighted by Crippen LogP contribution is 2.20. The molecule has 2 unspecified atom stereocenters. The maximum Gasteiger partial charge on any atom is 0.254 e. The van der Waals surface area contributed by atoms with E-state index in [1.54, 1.807) is 7.11 Å². The number of nitrogens with zero attached hydrogens (tertiary/aromatic N) is 1. The van der Waals surface area contributed by atoms with Crippen molar-refractivity contribution in [2.75, 3.05) is 33.4 Å². The normalized spacial score (nSPS) is 26.9. The molecule has 0 saturated carbocycles. The lowest BCUT2D eigenvalue weighted by Crippen LogP contribution is -2.51. The second-order valence-electron chi connectivity index (χ2n) is 6.19. The number of ether oxygens (including phenoxy) is 3. The van der Waals surface area contributed by atoms with Gasteiger partial charge in [-0.3, -0.25) is 4.79 Å². The highest BCUT2D eigenvalue weighted by Gasteiger charge is 2.35. The number of amides is 1. The first-order chi connectivity index (χ1) is 9.53. The molecule has 2 fully saturated rings. The molecule has 2 saturated heterocycles. The number of carbonyl (C=O) groups is 1. The van der Waals surface area contributed by atoms with Gasteiger partial charge in [-0.2, -0.15) is 0 Å². The van der Waals surface area contributed by atoms with Crippen molar-refractivity contribution in [1.29, 1.82) is 0 Å². The summed E-state index contributed by atoms with van der Waals surface area (Å²) in [5.74, 6) is 0.0194. The number of methoxy groups -OCH3 is 1. The molecule has 1 amide bonds. The van der Waals surface area contributed by atoms with Crippen LogP contribution in [0.2, 0.25) is 0 Å². The molecule has 0 spiro atoms. The van der Waals surface area contributed by atoms with Gasteiger partial charge in [0.15, 0.2) is 0 Å². The largest absolute Gasteiger partial charge is 0.376 e. The summed E-state index contributed by atoms with van der Waals surface area (Å²) in [6.45, 7) is 6.53. The molecule has 0 aliphatic carbocycles. The van der Waals surface area contributed by atoms with Crippen molar-refractivity contribution in [3.8, 4) is 0 Å². The third kappa shape index (κ3) is 3.93. The Morgan fingerprint density at radius 3 is 2.00 bits per heavy atom. The zero-order chi connectivity index (χ0) is 14.6. The van der Waals surface area contributed by atoms with E-state index in [0.717, 1.165) is 38.9 Å². The molecule has 2 aliphatic rings. The Kier molecular flexibility index (Phi) is 5.41. The second-order valence-corrected chi connectivity index (χ2v) is 6.19. The van der Waals surface area contributed by atoms with Crippen molar-refractivity contribution in [2.45, 2.75) is 57.3 Å². The zero-order valence-electron chi connectivity index (χ0n) is 12.9. The van der Waals surface area contributed by atoms with Gasteiger partial charge in [-0.25, -0.2) is 0 Å². The predicted octanol–water partition coefficient (Wildman–Crippen LogP) is 1.60. The Morgan fingerprint density at radius 1 is 1.15 bits per heavy atom. The molecule has 2 rings (SSSR count). The van der Waals surface area contributed by atoms with Gasteiger partial charge in [0, 0.05) is 33.4 Å². The minimum atomic E-state index is -0.794. The summed E-state index contributed by atoms with van der Waals surface area (Å²) in [5.41, 5.74) is -0.794. The summed E-state index contributed by atoms with van der Waals surface area (Å²) >= 11 is 0. The monoisotopic (exact) mass is 285 g/mol. The first-order valence-electron chi connectivity index (χ1n) is 7.60. The molecule has 2 heterocycles. The molecule has 116 valence electrons. The van der Waals surface area contributed by atoms with Crippen LogP contribution < -0.4 is 0 Å². The predicted molar refractivity (Wildman–Crippen MR) is 75.6 cm³/mol. The molecule has 2 aliphatic heterocycles. The Bertz CT molecular complexity index is 302. The Morgan fingerprint density at radius 2 is 1.65 bits per heavy atom. The SMILES string of the molecule is COC(C)(C)C(=O)N(CC1CCCO1)CC1CCCO1. The summed E-state index contributed by atoms with van der Waals surface area (Å²) in [5, 5.41) is 0. The quantitative estimate of drug-likeness (QED) is 0.744. The molecule has 20 heavy (non-hydrogen) atoms. The summed E-state index contributed by atoms with van der Waals surface area (Å²) < 4.78 is 16.7. The van der Waals surface area contributed by atoms with Gasteiger partial charge < -0.3 is 19.1 Å². The third-order valence-electron chi connectivity index (χ3n) is 4.21. The van der Waals surface area contributed by atoms with Crippen LogP contribution in [0.25, 0.3) is 0 Å². The van der Waals surface area contributed by atoms with Gasteiger partial charge in [-0.05, 0) is 39.5 Å². The van der Waals surface area contributed by atoms with Crippen LogP contribution in [0.5, 0.6) is 0 Å². The van der Waals surface area contributed by atoms with Gasteiger partial charge in [0.05, 0.1) is 12.2 Å². The van der Waals surface area contributed by atoms with E-state index in [0.29, 0.717) is 13.1 Å². The Balaban J connectivity index is 1.99. The van der Waals surface area contributed by atoms with E-state index in [1.165, 1.54) is 0 Å². The summed E-state index contributed by atoms with van der Waals surface area (Å²) in [4.78, 5) is 14.5. The number of hydrogen-bond donors (Lipinski definition) is 0. The minimum absolute atomic E-state index is 0.0194. The van der Waals surface area contributed by atoms with Crippen LogP contribution in [0.1, 0.15) is 39.5 Å². The van der Waals surface area contributed by atoms with Crippen LogP contribution >= 0.6 is 0 Å². The van der Waals surface area contributed by atoms with Gasteiger partial charge in [-0.15, -0.1) is 0 Å². The van der Waals surface area contributed by atoms with Crippen LogP contribution in [-0.4, -0.2) is 62.0 Å². The maximum atomic E-state index is 12.7. The van der Waals surface area contributed by atoms with Gasteiger partial charge in [0.1, 0.15) is 5.60 Å². The minimum Gasteiger partial charge on any atom is -0.376 e. The standard InChI is InChI=1S/C15H27NO4/c1-15(2,18-3)14(17)16(10-12-6-4-8-19-12)11-13-7-5-9-20-13/h12-13H,4-11H2,1-3H3. The van der Waals surface area contributed by atoms with E-state index in [4.69, 9.17) is 14.2 Å². The molecular weight excluding hydrogens is 258 g/mol. The third-order valence-corrected chi connectivity index (χ3v) is 4.21. The summed E-state index contributed by atoms with van der Waals surface area (Å²) in [6.07, 6.45) is 4.55. The van der Waals surface area contributed by atoms with Crippen molar-refractivity contribution in [2.24, 2.45) is 0 Å². The van der Waals surface area contributed by atoms with E-state index < -0.39 is 5.60 Å². The molecule has 0 aromatic rings. The number of rotatable bonds is 6. The van der Waals surface area contributed by atoms with Gasteiger partial charge in [0.2, 0.25) is 0 Å². The lowest BCUT2D eigenvalue weighted by Gasteiger charge is -2.33. The Labute approximate surface area is 121 Å². The van der Waals surface area contributed by atoms with Gasteiger partial charge >= 0.3 is 0 Å². The molecule has 5 heteroatoms. The van der Waals surface area contributed by atoms with Gasteiger partial charge in [0.25, 0.3) is 5.91 Å². The molecule has 0 aromatic heterocycles. The van der Waals surface area contributed by atoms with Crippen molar-refractivity contribution in [3.63, 3.8) is 0 Å². The highest BCUT2D eigenvalue weighted by molar-refractivity contribution is 5.84. The average molecular weight is 285 g/mol. The van der Waals surface area contributed by atoms with Crippen molar-refractivity contribution < 1.29 is 19.0 Å². The van der Waals surface area contributed by atoms with E-state index >= 15 is 0 Å². The van der Waals surface area contributed by atoms with E-state index in [2.05, 4.69) is 0 Å². The van der Waals surface area contributed by atoms with Crippen LogP contribution in [0.4, 0.5) is 0 Å². The first kappa shape index (κ1) is 15.7. The fourth-order valence-electron chi connectivity index (χ4n) is 2.78. The molecule has 2 atom stereocenters. The van der Waals surface area contributed by atoms with Crippen molar-refractivity contribution in [1.82, 2.24) is 4.90 Å². The molecule has 5 nitrogen and oxygen atoms in total. The molecular formula is C15H27NO4.